The highest BCUT2D eigenvalue weighted by atomic mass is 16.5. The average Bonchev–Trinajstić information content (AvgIpc) is 3.39. The number of morpholine rings is 1. The summed E-state index contributed by atoms with van der Waals surface area (Å²) in [6.45, 7) is 7.75. The van der Waals surface area contributed by atoms with Crippen molar-refractivity contribution in [2.45, 2.75) is 38.5 Å². The van der Waals surface area contributed by atoms with Crippen LogP contribution in [0.15, 0.2) is 12.1 Å². The van der Waals surface area contributed by atoms with E-state index in [0.29, 0.717) is 45.9 Å². The second kappa shape index (κ2) is 7.15. The molecule has 27 heavy (non-hydrogen) atoms. The molecule has 1 aliphatic carbocycles. The standard InChI is InChI=1S/C21H28N2O4/c1-14-11-16-18(12-15(14)2)27-8-4-21(16)13-17(21)20(25)22-5-3-19(24)23-6-9-26-10-7-23/h11-12,17H,3-10,13H2,1-2H3,(H,22,25)/t17-,21-/m0/s1. The zero-order valence-corrected chi connectivity index (χ0v) is 16.2. The van der Waals surface area contributed by atoms with Gasteiger partial charge >= 0.3 is 0 Å². The highest BCUT2D eigenvalue weighted by molar-refractivity contribution is 5.85. The van der Waals surface area contributed by atoms with Crippen LogP contribution in [0.25, 0.3) is 0 Å². The maximum atomic E-state index is 12.7. The third-order valence-corrected chi connectivity index (χ3v) is 6.33. The van der Waals surface area contributed by atoms with Gasteiger partial charge in [0.05, 0.1) is 19.8 Å². The number of benzene rings is 1. The molecular weight excluding hydrogens is 344 g/mol. The molecule has 1 saturated carbocycles. The monoisotopic (exact) mass is 372 g/mol. The fourth-order valence-electron chi connectivity index (χ4n) is 4.39. The molecule has 0 aromatic heterocycles. The topological polar surface area (TPSA) is 67.9 Å². The molecule has 6 heteroatoms. The van der Waals surface area contributed by atoms with Crippen molar-refractivity contribution in [2.75, 3.05) is 39.5 Å². The Morgan fingerprint density at radius 1 is 1.19 bits per heavy atom. The molecule has 6 nitrogen and oxygen atoms in total. The molecule has 0 radical (unpaired) electrons. The lowest BCUT2D eigenvalue weighted by Crippen LogP contribution is -2.42. The summed E-state index contributed by atoms with van der Waals surface area (Å²) in [5, 5.41) is 2.98. The number of carbonyl (C=O) groups excluding carboxylic acids is 2. The predicted octanol–water partition coefficient (Wildman–Crippen LogP) is 1.71. The Morgan fingerprint density at radius 2 is 1.93 bits per heavy atom. The van der Waals surface area contributed by atoms with Crippen molar-refractivity contribution in [2.24, 2.45) is 5.92 Å². The number of fused-ring (bicyclic) bond motifs is 2. The fourth-order valence-corrected chi connectivity index (χ4v) is 4.39. The molecule has 2 fully saturated rings. The van der Waals surface area contributed by atoms with Gasteiger partial charge in [0.2, 0.25) is 11.8 Å². The van der Waals surface area contributed by atoms with Gasteiger partial charge in [0.15, 0.2) is 0 Å². The lowest BCUT2D eigenvalue weighted by atomic mass is 9.85. The van der Waals surface area contributed by atoms with Crippen LogP contribution in [0.4, 0.5) is 0 Å². The molecule has 2 atom stereocenters. The van der Waals surface area contributed by atoms with Crippen LogP contribution < -0.4 is 10.1 Å². The van der Waals surface area contributed by atoms with E-state index in [1.807, 2.05) is 4.90 Å². The smallest absolute Gasteiger partial charge is 0.224 e. The van der Waals surface area contributed by atoms with Gasteiger partial charge in [-0.1, -0.05) is 6.07 Å². The van der Waals surface area contributed by atoms with Crippen LogP contribution in [0.2, 0.25) is 0 Å². The molecule has 0 unspecified atom stereocenters. The lowest BCUT2D eigenvalue weighted by Gasteiger charge is -2.28. The van der Waals surface area contributed by atoms with Crippen molar-refractivity contribution in [3.8, 4) is 5.75 Å². The Hall–Kier alpha value is -2.08. The van der Waals surface area contributed by atoms with Gasteiger partial charge in [-0.2, -0.15) is 0 Å². The first-order valence-electron chi connectivity index (χ1n) is 9.89. The Bertz CT molecular complexity index is 757. The fraction of sp³-hybridized carbons (Fsp3) is 0.619. The second-order valence-electron chi connectivity index (χ2n) is 7.98. The summed E-state index contributed by atoms with van der Waals surface area (Å²) in [7, 11) is 0. The Balaban J connectivity index is 1.34. The number of amides is 2. The molecule has 3 aliphatic rings. The van der Waals surface area contributed by atoms with Crippen LogP contribution in [0.1, 0.15) is 36.0 Å². The van der Waals surface area contributed by atoms with Crippen molar-refractivity contribution >= 4 is 11.8 Å². The van der Waals surface area contributed by atoms with Crippen LogP contribution >= 0.6 is 0 Å². The zero-order chi connectivity index (χ0) is 19.0. The number of hydrogen-bond donors (Lipinski definition) is 1. The highest BCUT2D eigenvalue weighted by Gasteiger charge is 2.61. The SMILES string of the molecule is Cc1cc2c(cc1C)[C@]1(CCO2)C[C@H]1C(=O)NCCC(=O)N1CCOCC1. The van der Waals surface area contributed by atoms with E-state index in [4.69, 9.17) is 9.47 Å². The summed E-state index contributed by atoms with van der Waals surface area (Å²) in [5.41, 5.74) is 3.56. The highest BCUT2D eigenvalue weighted by Crippen LogP contribution is 2.61. The first-order valence-corrected chi connectivity index (χ1v) is 9.89. The molecule has 146 valence electrons. The first-order chi connectivity index (χ1) is 13.0. The predicted molar refractivity (Wildman–Crippen MR) is 101 cm³/mol. The molecule has 4 rings (SSSR count). The van der Waals surface area contributed by atoms with Gasteiger partial charge in [-0.05, 0) is 43.9 Å². The van der Waals surface area contributed by atoms with E-state index in [9.17, 15) is 9.59 Å². The molecule has 1 saturated heterocycles. The molecule has 1 aromatic carbocycles. The first kappa shape index (κ1) is 18.3. The summed E-state index contributed by atoms with van der Waals surface area (Å²) >= 11 is 0. The maximum absolute atomic E-state index is 12.7. The number of ether oxygens (including phenoxy) is 2. The molecular formula is C21H28N2O4. The van der Waals surface area contributed by atoms with Crippen molar-refractivity contribution in [1.82, 2.24) is 10.2 Å². The van der Waals surface area contributed by atoms with Gasteiger partial charge in [0.1, 0.15) is 5.75 Å². The van der Waals surface area contributed by atoms with Crippen molar-refractivity contribution in [3.63, 3.8) is 0 Å². The average molecular weight is 372 g/mol. The van der Waals surface area contributed by atoms with Crippen molar-refractivity contribution in [3.05, 3.63) is 28.8 Å². The van der Waals surface area contributed by atoms with Crippen LogP contribution in [-0.2, 0) is 19.7 Å². The minimum absolute atomic E-state index is 0.0132. The lowest BCUT2D eigenvalue weighted by molar-refractivity contribution is -0.135. The van der Waals surface area contributed by atoms with E-state index in [2.05, 4.69) is 31.3 Å². The number of rotatable bonds is 4. The van der Waals surface area contributed by atoms with Gasteiger partial charge in [-0.25, -0.2) is 0 Å². The summed E-state index contributed by atoms with van der Waals surface area (Å²) in [6.07, 6.45) is 2.10. The van der Waals surface area contributed by atoms with Gasteiger partial charge in [0, 0.05) is 43.0 Å². The summed E-state index contributed by atoms with van der Waals surface area (Å²) in [6, 6.07) is 4.29. The van der Waals surface area contributed by atoms with Crippen LogP contribution in [0, 0.1) is 19.8 Å². The largest absolute Gasteiger partial charge is 0.493 e. The van der Waals surface area contributed by atoms with E-state index in [1.165, 1.54) is 16.7 Å². The minimum atomic E-state index is -0.0790. The summed E-state index contributed by atoms with van der Waals surface area (Å²) in [4.78, 5) is 26.7. The van der Waals surface area contributed by atoms with E-state index in [-0.39, 0.29) is 23.1 Å². The molecule has 2 heterocycles. The van der Waals surface area contributed by atoms with Gasteiger partial charge in [0.25, 0.3) is 0 Å². The van der Waals surface area contributed by atoms with E-state index >= 15 is 0 Å². The molecule has 2 amide bonds. The van der Waals surface area contributed by atoms with Gasteiger partial charge < -0.3 is 19.7 Å². The van der Waals surface area contributed by atoms with E-state index < -0.39 is 0 Å². The van der Waals surface area contributed by atoms with Crippen molar-refractivity contribution in [1.29, 1.82) is 0 Å². The molecule has 0 bridgehead atoms. The third-order valence-electron chi connectivity index (χ3n) is 6.33. The maximum Gasteiger partial charge on any atom is 0.224 e. The van der Waals surface area contributed by atoms with Crippen LogP contribution in [0.5, 0.6) is 5.75 Å². The number of aryl methyl sites for hydroxylation is 2. The number of nitrogens with zero attached hydrogens (tertiary/aromatic N) is 1. The molecule has 1 spiro atoms. The summed E-state index contributed by atoms with van der Waals surface area (Å²) < 4.78 is 11.1. The number of nitrogens with one attached hydrogen (secondary N) is 1. The Morgan fingerprint density at radius 3 is 2.70 bits per heavy atom. The van der Waals surface area contributed by atoms with E-state index in [0.717, 1.165) is 18.6 Å². The van der Waals surface area contributed by atoms with E-state index in [1.54, 1.807) is 0 Å². The normalized spacial score (nSPS) is 26.3. The number of carbonyl (C=O) groups is 2. The quantitative estimate of drug-likeness (QED) is 0.874. The van der Waals surface area contributed by atoms with Gasteiger partial charge in [-0.3, -0.25) is 9.59 Å². The zero-order valence-electron chi connectivity index (χ0n) is 16.2. The minimum Gasteiger partial charge on any atom is -0.493 e. The van der Waals surface area contributed by atoms with Crippen LogP contribution in [0.3, 0.4) is 0 Å². The van der Waals surface area contributed by atoms with Gasteiger partial charge in [-0.15, -0.1) is 0 Å². The Labute approximate surface area is 160 Å². The van der Waals surface area contributed by atoms with Crippen molar-refractivity contribution < 1.29 is 19.1 Å². The van der Waals surface area contributed by atoms with Crippen LogP contribution in [-0.4, -0.2) is 56.2 Å². The molecule has 1 N–H and O–H groups in total. The summed E-state index contributed by atoms with van der Waals surface area (Å²) in [5.74, 6) is 1.07. The number of hydrogen-bond acceptors (Lipinski definition) is 4. The second-order valence-corrected chi connectivity index (χ2v) is 7.98. The molecule has 1 aromatic rings. The molecule has 2 aliphatic heterocycles. The Kier molecular flexibility index (Phi) is 4.84. The third kappa shape index (κ3) is 3.43.